The molecule has 1 fully saturated rings. The number of hydrogen-bond donors (Lipinski definition) is 1. The van der Waals surface area contributed by atoms with Gasteiger partial charge >= 0.3 is 6.61 Å². The highest BCUT2D eigenvalue weighted by atomic mass is 19.3. The number of piperidine rings is 1. The molecule has 0 bridgehead atoms. The van der Waals surface area contributed by atoms with Gasteiger partial charge in [-0.1, -0.05) is 18.6 Å². The lowest BCUT2D eigenvalue weighted by atomic mass is 9.97. The molecule has 1 N–H and O–H groups in total. The molecular formula is C14H17F2NO2. The van der Waals surface area contributed by atoms with Gasteiger partial charge in [-0.15, -0.1) is 0 Å². The van der Waals surface area contributed by atoms with Crippen molar-refractivity contribution < 1.29 is 18.3 Å². The smallest absolute Gasteiger partial charge is 0.387 e. The van der Waals surface area contributed by atoms with E-state index in [-0.39, 0.29) is 17.6 Å². The van der Waals surface area contributed by atoms with Gasteiger partial charge in [-0.05, 0) is 31.5 Å². The van der Waals surface area contributed by atoms with Crippen LogP contribution >= 0.6 is 0 Å². The fraction of sp³-hybridized carbons (Fsp3) is 0.500. The Hall–Kier alpha value is -1.49. The molecule has 0 aliphatic carbocycles. The number of rotatable bonds is 5. The molecule has 1 heterocycles. The van der Waals surface area contributed by atoms with Gasteiger partial charge in [0, 0.05) is 18.0 Å². The second-order valence-corrected chi connectivity index (χ2v) is 4.68. The molecule has 19 heavy (non-hydrogen) atoms. The summed E-state index contributed by atoms with van der Waals surface area (Å²) < 4.78 is 28.5. The summed E-state index contributed by atoms with van der Waals surface area (Å²) >= 11 is 0. The molecule has 1 atom stereocenters. The number of ketones is 1. The molecule has 0 aromatic heterocycles. The molecule has 5 heteroatoms. The van der Waals surface area contributed by atoms with Crippen LogP contribution in [0.4, 0.5) is 8.78 Å². The summed E-state index contributed by atoms with van der Waals surface area (Å²) in [5, 5.41) is 3.29. The molecule has 1 aliphatic heterocycles. The van der Waals surface area contributed by atoms with E-state index in [4.69, 9.17) is 0 Å². The summed E-state index contributed by atoms with van der Waals surface area (Å²) in [5.41, 5.74) is 0.422. The monoisotopic (exact) mass is 269 g/mol. The number of carbonyl (C=O) groups excluding carboxylic acids is 1. The number of ether oxygens (including phenoxy) is 1. The van der Waals surface area contributed by atoms with Crippen molar-refractivity contribution in [3.63, 3.8) is 0 Å². The zero-order valence-corrected chi connectivity index (χ0v) is 10.6. The van der Waals surface area contributed by atoms with E-state index in [9.17, 15) is 13.6 Å². The number of halogens is 2. The molecule has 1 aromatic rings. The Morgan fingerprint density at radius 1 is 1.42 bits per heavy atom. The third kappa shape index (κ3) is 4.28. The average Bonchev–Trinajstić information content (AvgIpc) is 2.39. The number of benzene rings is 1. The molecule has 104 valence electrons. The van der Waals surface area contributed by atoms with Crippen molar-refractivity contribution in [3.05, 3.63) is 29.8 Å². The van der Waals surface area contributed by atoms with Gasteiger partial charge in [0.05, 0.1) is 0 Å². The Labute approximate surface area is 111 Å². The molecule has 0 radical (unpaired) electrons. The lowest BCUT2D eigenvalue weighted by Gasteiger charge is -2.22. The van der Waals surface area contributed by atoms with Crippen LogP contribution in [-0.2, 0) is 0 Å². The van der Waals surface area contributed by atoms with Crippen molar-refractivity contribution in [2.45, 2.75) is 38.3 Å². The van der Waals surface area contributed by atoms with Crippen LogP contribution in [0.25, 0.3) is 0 Å². The highest BCUT2D eigenvalue weighted by Crippen LogP contribution is 2.19. The lowest BCUT2D eigenvalue weighted by Crippen LogP contribution is -2.35. The quantitative estimate of drug-likeness (QED) is 0.835. The first-order valence-electron chi connectivity index (χ1n) is 6.46. The normalized spacial score (nSPS) is 19.4. The number of alkyl halides is 2. The molecule has 3 nitrogen and oxygen atoms in total. The second kappa shape index (κ2) is 6.61. The van der Waals surface area contributed by atoms with E-state index in [1.54, 1.807) is 12.1 Å². The van der Waals surface area contributed by atoms with E-state index < -0.39 is 6.61 Å². The van der Waals surface area contributed by atoms with Crippen LogP contribution in [0.2, 0.25) is 0 Å². The number of hydrogen-bond acceptors (Lipinski definition) is 3. The Bertz CT molecular complexity index is 431. The van der Waals surface area contributed by atoms with Crippen molar-refractivity contribution in [1.82, 2.24) is 5.32 Å². The summed E-state index contributed by atoms with van der Waals surface area (Å²) in [5.74, 6) is -0.0171. The van der Waals surface area contributed by atoms with E-state index in [2.05, 4.69) is 10.1 Å². The highest BCUT2D eigenvalue weighted by molar-refractivity contribution is 5.96. The maximum atomic E-state index is 12.1. The molecule has 0 saturated carbocycles. The molecule has 2 rings (SSSR count). The van der Waals surface area contributed by atoms with Gasteiger partial charge in [0.2, 0.25) is 0 Å². The summed E-state index contributed by atoms with van der Waals surface area (Å²) in [6.45, 7) is -1.93. The molecule has 1 unspecified atom stereocenters. The Morgan fingerprint density at radius 3 is 2.95 bits per heavy atom. The van der Waals surface area contributed by atoms with Crippen LogP contribution in [0.15, 0.2) is 24.3 Å². The fourth-order valence-electron chi connectivity index (χ4n) is 2.29. The number of nitrogens with one attached hydrogen (secondary N) is 1. The third-order valence-corrected chi connectivity index (χ3v) is 3.23. The maximum absolute atomic E-state index is 12.1. The van der Waals surface area contributed by atoms with E-state index in [0.717, 1.165) is 25.8 Å². The van der Waals surface area contributed by atoms with Crippen LogP contribution in [0.1, 0.15) is 36.0 Å². The van der Waals surface area contributed by atoms with Crippen LogP contribution in [0.3, 0.4) is 0 Å². The van der Waals surface area contributed by atoms with E-state index in [1.807, 2.05) is 0 Å². The summed E-state index contributed by atoms with van der Waals surface area (Å²) in [7, 11) is 0. The molecular weight excluding hydrogens is 252 g/mol. The molecule has 1 saturated heterocycles. The highest BCUT2D eigenvalue weighted by Gasteiger charge is 2.18. The van der Waals surface area contributed by atoms with Crippen LogP contribution in [-0.4, -0.2) is 25.0 Å². The van der Waals surface area contributed by atoms with E-state index in [0.29, 0.717) is 12.0 Å². The third-order valence-electron chi connectivity index (χ3n) is 3.23. The van der Waals surface area contributed by atoms with Gasteiger partial charge in [0.15, 0.2) is 5.78 Å². The van der Waals surface area contributed by atoms with Gasteiger partial charge in [0.1, 0.15) is 5.75 Å². The SMILES string of the molecule is O=C(CC1CCCCN1)c1cccc(OC(F)F)c1. The van der Waals surface area contributed by atoms with Gasteiger partial charge in [0.25, 0.3) is 0 Å². The molecule has 0 spiro atoms. The summed E-state index contributed by atoms with van der Waals surface area (Å²) in [6.07, 6.45) is 3.65. The van der Waals surface area contributed by atoms with Gasteiger partial charge in [-0.3, -0.25) is 4.79 Å². The first-order valence-corrected chi connectivity index (χ1v) is 6.46. The van der Waals surface area contributed by atoms with Crippen LogP contribution in [0, 0.1) is 0 Å². The number of carbonyl (C=O) groups is 1. The van der Waals surface area contributed by atoms with Crippen molar-refractivity contribution in [3.8, 4) is 5.75 Å². The Kier molecular flexibility index (Phi) is 4.85. The van der Waals surface area contributed by atoms with E-state index in [1.165, 1.54) is 12.1 Å². The van der Waals surface area contributed by atoms with Crippen molar-refractivity contribution in [2.75, 3.05) is 6.54 Å². The largest absolute Gasteiger partial charge is 0.435 e. The second-order valence-electron chi connectivity index (χ2n) is 4.68. The minimum atomic E-state index is -2.87. The fourth-order valence-corrected chi connectivity index (χ4v) is 2.29. The molecule has 0 amide bonds. The number of Topliss-reactive ketones (excluding diaryl/α,β-unsaturated/α-hetero) is 1. The average molecular weight is 269 g/mol. The topological polar surface area (TPSA) is 38.3 Å². The summed E-state index contributed by atoms with van der Waals surface area (Å²) in [6, 6.07) is 6.17. The predicted molar refractivity (Wildman–Crippen MR) is 67.7 cm³/mol. The predicted octanol–water partition coefficient (Wildman–Crippen LogP) is 3.00. The van der Waals surface area contributed by atoms with E-state index >= 15 is 0 Å². The minimum Gasteiger partial charge on any atom is -0.435 e. The van der Waals surface area contributed by atoms with Crippen LogP contribution in [0.5, 0.6) is 5.75 Å². The van der Waals surface area contributed by atoms with Gasteiger partial charge < -0.3 is 10.1 Å². The summed E-state index contributed by atoms with van der Waals surface area (Å²) in [4.78, 5) is 12.1. The minimum absolute atomic E-state index is 0.0254. The van der Waals surface area contributed by atoms with Crippen molar-refractivity contribution >= 4 is 5.78 Å². The lowest BCUT2D eigenvalue weighted by molar-refractivity contribution is -0.0498. The Balaban J connectivity index is 1.97. The zero-order valence-electron chi connectivity index (χ0n) is 10.6. The first kappa shape index (κ1) is 13.9. The standard InChI is InChI=1S/C14H17F2NO2/c15-14(16)19-12-6-3-4-10(8-12)13(18)9-11-5-1-2-7-17-11/h3-4,6,8,11,14,17H,1-2,5,7,9H2. The van der Waals surface area contributed by atoms with Crippen molar-refractivity contribution in [1.29, 1.82) is 0 Å². The van der Waals surface area contributed by atoms with Crippen LogP contribution < -0.4 is 10.1 Å². The van der Waals surface area contributed by atoms with Crippen molar-refractivity contribution in [2.24, 2.45) is 0 Å². The van der Waals surface area contributed by atoms with Gasteiger partial charge in [-0.25, -0.2) is 0 Å². The van der Waals surface area contributed by atoms with Gasteiger partial charge in [-0.2, -0.15) is 8.78 Å². The zero-order chi connectivity index (χ0) is 13.7. The molecule has 1 aromatic carbocycles. The maximum Gasteiger partial charge on any atom is 0.387 e. The molecule has 1 aliphatic rings. The Morgan fingerprint density at radius 2 is 2.26 bits per heavy atom. The first-order chi connectivity index (χ1) is 9.15.